The van der Waals surface area contributed by atoms with Crippen LogP contribution in [0.25, 0.3) is 0 Å². The topological polar surface area (TPSA) is 107 Å². The summed E-state index contributed by atoms with van der Waals surface area (Å²) < 4.78 is 30.5. The first-order chi connectivity index (χ1) is 16.4. The molecule has 36 heavy (non-hydrogen) atoms. The minimum absolute atomic E-state index is 0.150. The summed E-state index contributed by atoms with van der Waals surface area (Å²) in [5.74, 6) is 0. The fraction of sp³-hybridized carbons (Fsp3) is 1.00. The Morgan fingerprint density at radius 1 is 0.472 bits per heavy atom. The Balaban J connectivity index is 4.82. The van der Waals surface area contributed by atoms with Crippen LogP contribution in [0.3, 0.4) is 0 Å². The largest absolute Gasteiger partial charge is 0.385 e. The summed E-state index contributed by atoms with van der Waals surface area (Å²) in [5.41, 5.74) is 0. The zero-order chi connectivity index (χ0) is 28.0. The number of rotatable bonds is 22. The third kappa shape index (κ3) is 22.7. The third-order valence-corrected chi connectivity index (χ3v) is 4.90. The molecule has 0 rings (SSSR count). The second-order valence-corrected chi connectivity index (χ2v) is 12.8. The van der Waals surface area contributed by atoms with Crippen molar-refractivity contribution >= 4 is 0 Å². The smallest absolute Gasteiger partial charge is 0.126 e. The Hall–Kier alpha value is -0.440. The number of likely N-dealkylation sites (N-methyl/N-ethyl adjacent to an activating group) is 3. The Kier molecular flexibility index (Phi) is 17.0. The minimum Gasteiger partial charge on any atom is -0.385 e. The lowest BCUT2D eigenvalue weighted by atomic mass is 10.3. The number of quaternary nitrogens is 3. The molecule has 0 heterocycles. The van der Waals surface area contributed by atoms with Gasteiger partial charge in [0.1, 0.15) is 50.2 Å². The first kappa shape index (κ1) is 35.6. The maximum Gasteiger partial charge on any atom is 0.126 e. The van der Waals surface area contributed by atoms with Crippen LogP contribution in [0, 0.1) is 0 Å². The van der Waals surface area contributed by atoms with Crippen molar-refractivity contribution in [1.82, 2.24) is 0 Å². The normalized spacial score (nSPS) is 17.6. The third-order valence-electron chi connectivity index (χ3n) is 4.90. The molecule has 0 aliphatic heterocycles. The molecule has 0 aliphatic carbocycles. The van der Waals surface area contributed by atoms with Crippen molar-refractivity contribution in [2.75, 3.05) is 136 Å². The summed E-state index contributed by atoms with van der Waals surface area (Å²) in [6.45, 7) is 3.26. The number of ether oxygens (including phenoxy) is 5. The van der Waals surface area contributed by atoms with Crippen molar-refractivity contribution in [3.63, 3.8) is 0 Å². The molecule has 0 spiro atoms. The maximum absolute atomic E-state index is 10.4. The van der Waals surface area contributed by atoms with Crippen molar-refractivity contribution in [3.8, 4) is 0 Å². The van der Waals surface area contributed by atoms with Crippen LogP contribution in [0.5, 0.6) is 0 Å². The SMILES string of the molecule is COCC(COCC(O)C[N+](C)(C)C)OCC(COCC(O)C[N+](C)(C)C)OCC(O)C[N+](C)(C)C. The van der Waals surface area contributed by atoms with Crippen molar-refractivity contribution < 1.29 is 52.5 Å². The molecule has 0 fully saturated rings. The van der Waals surface area contributed by atoms with E-state index in [1.165, 1.54) is 0 Å². The number of hydrogen-bond donors (Lipinski definition) is 3. The standard InChI is InChI=1S/C25H58N3O8/c1-26(2,3)11-21(29)14-33-18-24(17-32-10)36-20-25(35-16-23(31)13-28(7,8)9)19-34-15-22(30)12-27(4,5)6/h21-25,29-31H,11-20H2,1-10H3/q+3. The van der Waals surface area contributed by atoms with E-state index >= 15 is 0 Å². The van der Waals surface area contributed by atoms with Crippen molar-refractivity contribution in [2.24, 2.45) is 0 Å². The molecule has 0 saturated carbocycles. The van der Waals surface area contributed by atoms with Gasteiger partial charge in [0.25, 0.3) is 0 Å². The highest BCUT2D eigenvalue weighted by atomic mass is 16.6. The molecule has 0 aromatic carbocycles. The predicted octanol–water partition coefficient (Wildman–Crippen LogP) is -1.36. The monoisotopic (exact) mass is 528 g/mol. The molecule has 0 radical (unpaired) electrons. The molecule has 0 aromatic rings. The van der Waals surface area contributed by atoms with Gasteiger partial charge < -0.3 is 52.5 Å². The second-order valence-electron chi connectivity index (χ2n) is 12.8. The summed E-state index contributed by atoms with van der Waals surface area (Å²) in [7, 11) is 19.7. The number of methoxy groups -OCH3 is 1. The van der Waals surface area contributed by atoms with Gasteiger partial charge in [0.2, 0.25) is 0 Å². The summed E-state index contributed by atoms with van der Waals surface area (Å²) in [4.78, 5) is 0. The van der Waals surface area contributed by atoms with Crippen molar-refractivity contribution in [3.05, 3.63) is 0 Å². The first-order valence-corrected chi connectivity index (χ1v) is 12.7. The van der Waals surface area contributed by atoms with Gasteiger partial charge in [-0.15, -0.1) is 0 Å². The van der Waals surface area contributed by atoms with E-state index in [9.17, 15) is 15.3 Å². The number of nitrogens with zero attached hydrogens (tertiary/aromatic N) is 3. The molecule has 0 aromatic heterocycles. The van der Waals surface area contributed by atoms with Gasteiger partial charge in [0.05, 0.1) is 110 Å². The molecular formula is C25H58N3O8+3. The lowest BCUT2D eigenvalue weighted by molar-refractivity contribution is -0.873. The van der Waals surface area contributed by atoms with Crippen LogP contribution in [0.1, 0.15) is 0 Å². The molecule has 0 bridgehead atoms. The van der Waals surface area contributed by atoms with E-state index in [-0.39, 0.29) is 45.7 Å². The quantitative estimate of drug-likeness (QED) is 0.148. The fourth-order valence-electron chi connectivity index (χ4n) is 3.69. The number of aliphatic hydroxyl groups is 3. The van der Waals surface area contributed by atoms with Crippen LogP contribution < -0.4 is 0 Å². The van der Waals surface area contributed by atoms with Crippen molar-refractivity contribution in [2.45, 2.75) is 30.5 Å². The van der Waals surface area contributed by atoms with E-state index in [1.807, 2.05) is 63.4 Å². The summed E-state index contributed by atoms with van der Waals surface area (Å²) in [5, 5.41) is 30.8. The van der Waals surface area contributed by atoms with Gasteiger partial charge in [-0.25, -0.2) is 0 Å². The highest BCUT2D eigenvalue weighted by Crippen LogP contribution is 2.06. The highest BCUT2D eigenvalue weighted by Gasteiger charge is 2.22. The molecular weight excluding hydrogens is 470 g/mol. The van der Waals surface area contributed by atoms with E-state index in [1.54, 1.807) is 7.11 Å². The van der Waals surface area contributed by atoms with E-state index < -0.39 is 24.4 Å². The van der Waals surface area contributed by atoms with Crippen LogP contribution in [-0.2, 0) is 23.7 Å². The zero-order valence-electron chi connectivity index (χ0n) is 24.7. The molecule has 0 saturated heterocycles. The lowest BCUT2D eigenvalue weighted by Gasteiger charge is -2.29. The molecule has 11 heteroatoms. The van der Waals surface area contributed by atoms with Gasteiger partial charge in [-0.2, -0.15) is 0 Å². The Morgan fingerprint density at radius 2 is 0.806 bits per heavy atom. The molecule has 3 N–H and O–H groups in total. The van der Waals surface area contributed by atoms with Gasteiger partial charge in [0, 0.05) is 7.11 Å². The fourth-order valence-corrected chi connectivity index (χ4v) is 3.69. The number of aliphatic hydroxyl groups excluding tert-OH is 3. The van der Waals surface area contributed by atoms with Gasteiger partial charge in [-0.05, 0) is 0 Å². The highest BCUT2D eigenvalue weighted by molar-refractivity contribution is 4.64. The molecule has 0 amide bonds. The van der Waals surface area contributed by atoms with Gasteiger partial charge in [-0.3, -0.25) is 0 Å². The van der Waals surface area contributed by atoms with E-state index in [0.717, 1.165) is 0 Å². The van der Waals surface area contributed by atoms with E-state index in [2.05, 4.69) is 0 Å². The Morgan fingerprint density at radius 3 is 1.17 bits per heavy atom. The predicted molar refractivity (Wildman–Crippen MR) is 140 cm³/mol. The average Bonchev–Trinajstić information content (AvgIpc) is 2.65. The molecule has 11 nitrogen and oxygen atoms in total. The molecule has 218 valence electrons. The van der Waals surface area contributed by atoms with Gasteiger partial charge >= 0.3 is 0 Å². The first-order valence-electron chi connectivity index (χ1n) is 12.7. The summed E-state index contributed by atoms with van der Waals surface area (Å²) in [6, 6.07) is 0. The van der Waals surface area contributed by atoms with Crippen LogP contribution >= 0.6 is 0 Å². The summed E-state index contributed by atoms with van der Waals surface area (Å²) >= 11 is 0. The average molecular weight is 529 g/mol. The molecule has 0 aliphatic rings. The van der Waals surface area contributed by atoms with Crippen LogP contribution in [0.15, 0.2) is 0 Å². The number of hydrogen-bond acceptors (Lipinski definition) is 8. The van der Waals surface area contributed by atoms with E-state index in [0.29, 0.717) is 39.7 Å². The lowest BCUT2D eigenvalue weighted by Crippen LogP contribution is -2.44. The van der Waals surface area contributed by atoms with E-state index in [4.69, 9.17) is 23.7 Å². The van der Waals surface area contributed by atoms with Crippen molar-refractivity contribution in [1.29, 1.82) is 0 Å². The van der Waals surface area contributed by atoms with Gasteiger partial charge in [-0.1, -0.05) is 0 Å². The van der Waals surface area contributed by atoms with Gasteiger partial charge in [0.15, 0.2) is 0 Å². The van der Waals surface area contributed by atoms with Crippen LogP contribution in [0.4, 0.5) is 0 Å². The Labute approximate surface area is 219 Å². The maximum atomic E-state index is 10.4. The zero-order valence-corrected chi connectivity index (χ0v) is 24.7. The van der Waals surface area contributed by atoms with Crippen LogP contribution in [0.2, 0.25) is 0 Å². The summed E-state index contributed by atoms with van der Waals surface area (Å²) in [6.07, 6.45) is -2.58. The molecule has 5 atom stereocenters. The molecule has 5 unspecified atom stereocenters. The second kappa shape index (κ2) is 17.2. The van der Waals surface area contributed by atoms with Crippen LogP contribution in [-0.4, -0.2) is 196 Å². The minimum atomic E-state index is -0.628. The Bertz CT molecular complexity index is 549.